The maximum atomic E-state index is 11.1. The standard InChI is InChI=1S/C8H10O3S.C3H4N2/c1-7-3-5-8(6-4-7)12(9,10)11-2;1-2-5-3-4-1/h3-6H,1-2H3;1-3H,(H,4,5). The minimum Gasteiger partial charge on any atom is -0.351 e. The van der Waals surface area contributed by atoms with Gasteiger partial charge in [-0.25, -0.2) is 4.98 Å². The predicted molar refractivity (Wildman–Crippen MR) is 64.0 cm³/mol. The summed E-state index contributed by atoms with van der Waals surface area (Å²) in [5.41, 5.74) is 1.02. The number of aryl methyl sites for hydroxylation is 1. The van der Waals surface area contributed by atoms with Crippen molar-refractivity contribution in [3.05, 3.63) is 48.5 Å². The highest BCUT2D eigenvalue weighted by molar-refractivity contribution is 7.86. The van der Waals surface area contributed by atoms with Gasteiger partial charge in [0.05, 0.1) is 18.3 Å². The molecule has 0 fully saturated rings. The summed E-state index contributed by atoms with van der Waals surface area (Å²) in [6.45, 7) is 1.89. The van der Waals surface area contributed by atoms with Crippen LogP contribution in [0.1, 0.15) is 5.56 Å². The number of hydrogen-bond acceptors (Lipinski definition) is 4. The number of nitrogens with zero attached hydrogens (tertiary/aromatic N) is 1. The SMILES string of the molecule is COS(=O)(=O)c1ccc(C)cc1.c1c[nH]cn1. The lowest BCUT2D eigenvalue weighted by Gasteiger charge is -2.00. The van der Waals surface area contributed by atoms with Crippen LogP contribution in [-0.2, 0) is 14.3 Å². The number of benzene rings is 1. The number of nitrogens with one attached hydrogen (secondary N) is 1. The van der Waals surface area contributed by atoms with Crippen LogP contribution >= 0.6 is 0 Å². The van der Waals surface area contributed by atoms with Crippen molar-refractivity contribution >= 4 is 10.1 Å². The van der Waals surface area contributed by atoms with Crippen molar-refractivity contribution in [2.75, 3.05) is 7.11 Å². The van der Waals surface area contributed by atoms with Crippen LogP contribution in [0.5, 0.6) is 0 Å². The molecule has 17 heavy (non-hydrogen) atoms. The largest absolute Gasteiger partial charge is 0.351 e. The Morgan fingerprint density at radius 1 is 1.24 bits per heavy atom. The van der Waals surface area contributed by atoms with Gasteiger partial charge in [-0.1, -0.05) is 17.7 Å². The monoisotopic (exact) mass is 254 g/mol. The van der Waals surface area contributed by atoms with E-state index in [0.29, 0.717) is 0 Å². The fourth-order valence-corrected chi connectivity index (χ4v) is 1.68. The van der Waals surface area contributed by atoms with Crippen molar-refractivity contribution in [1.82, 2.24) is 9.97 Å². The Bertz CT molecular complexity index is 501. The van der Waals surface area contributed by atoms with Crippen LogP contribution in [0.3, 0.4) is 0 Å². The summed E-state index contributed by atoms with van der Waals surface area (Å²) < 4.78 is 26.5. The lowest BCUT2D eigenvalue weighted by Crippen LogP contribution is -2.02. The van der Waals surface area contributed by atoms with Gasteiger partial charge in [0.25, 0.3) is 10.1 Å². The number of rotatable bonds is 2. The summed E-state index contributed by atoms with van der Waals surface area (Å²) in [5.74, 6) is 0. The summed E-state index contributed by atoms with van der Waals surface area (Å²) in [4.78, 5) is 6.61. The third-order valence-electron chi connectivity index (χ3n) is 1.93. The average Bonchev–Trinajstić information content (AvgIpc) is 2.88. The maximum absolute atomic E-state index is 11.1. The van der Waals surface area contributed by atoms with Gasteiger partial charge in [-0.05, 0) is 19.1 Å². The Morgan fingerprint density at radius 3 is 2.24 bits per heavy atom. The molecule has 0 saturated heterocycles. The first-order valence-electron chi connectivity index (χ1n) is 4.86. The van der Waals surface area contributed by atoms with E-state index in [2.05, 4.69) is 14.2 Å². The molecular formula is C11H14N2O3S. The number of aromatic amines is 1. The number of H-pyrrole nitrogens is 1. The highest BCUT2D eigenvalue weighted by atomic mass is 32.2. The Labute approximate surface area is 101 Å². The summed E-state index contributed by atoms with van der Waals surface area (Å²) >= 11 is 0. The molecule has 1 heterocycles. The van der Waals surface area contributed by atoms with Gasteiger partial charge >= 0.3 is 0 Å². The zero-order valence-electron chi connectivity index (χ0n) is 9.62. The third-order valence-corrected chi connectivity index (χ3v) is 3.22. The smallest absolute Gasteiger partial charge is 0.296 e. The van der Waals surface area contributed by atoms with Crippen LogP contribution in [0.2, 0.25) is 0 Å². The molecule has 2 rings (SSSR count). The van der Waals surface area contributed by atoms with Gasteiger partial charge in [-0.15, -0.1) is 0 Å². The summed E-state index contributed by atoms with van der Waals surface area (Å²) in [5, 5.41) is 0. The van der Waals surface area contributed by atoms with Crippen molar-refractivity contribution < 1.29 is 12.6 Å². The van der Waals surface area contributed by atoms with Crippen LogP contribution in [-0.4, -0.2) is 25.5 Å². The molecule has 92 valence electrons. The topological polar surface area (TPSA) is 72.1 Å². The van der Waals surface area contributed by atoms with Crippen molar-refractivity contribution in [2.24, 2.45) is 0 Å². The van der Waals surface area contributed by atoms with E-state index in [-0.39, 0.29) is 4.90 Å². The zero-order valence-corrected chi connectivity index (χ0v) is 10.4. The fraction of sp³-hybridized carbons (Fsp3) is 0.182. The highest BCUT2D eigenvalue weighted by Crippen LogP contribution is 2.11. The number of aromatic nitrogens is 2. The van der Waals surface area contributed by atoms with Crippen molar-refractivity contribution in [3.8, 4) is 0 Å². The lowest BCUT2D eigenvalue weighted by molar-refractivity contribution is 0.398. The van der Waals surface area contributed by atoms with E-state index in [0.717, 1.165) is 12.7 Å². The van der Waals surface area contributed by atoms with Gasteiger partial charge in [-0.2, -0.15) is 8.42 Å². The Hall–Kier alpha value is -1.66. The molecule has 0 unspecified atom stereocenters. The van der Waals surface area contributed by atoms with E-state index in [1.165, 1.54) is 12.1 Å². The number of imidazole rings is 1. The molecule has 0 radical (unpaired) electrons. The average molecular weight is 254 g/mol. The quantitative estimate of drug-likeness (QED) is 0.828. The van der Waals surface area contributed by atoms with Crippen LogP contribution in [0.4, 0.5) is 0 Å². The van der Waals surface area contributed by atoms with E-state index in [1.807, 2.05) is 6.92 Å². The lowest BCUT2D eigenvalue weighted by atomic mass is 10.2. The van der Waals surface area contributed by atoms with Gasteiger partial charge in [0.15, 0.2) is 0 Å². The van der Waals surface area contributed by atoms with Gasteiger partial charge < -0.3 is 4.98 Å². The molecule has 0 saturated carbocycles. The zero-order chi connectivity index (χ0) is 12.7. The van der Waals surface area contributed by atoms with Gasteiger partial charge in [0, 0.05) is 12.4 Å². The minimum absolute atomic E-state index is 0.190. The second kappa shape index (κ2) is 6.17. The molecule has 1 N–H and O–H groups in total. The van der Waals surface area contributed by atoms with E-state index in [9.17, 15) is 8.42 Å². The fourth-order valence-electron chi connectivity index (χ4n) is 1.02. The summed E-state index contributed by atoms with van der Waals surface area (Å²) in [7, 11) is -2.37. The molecule has 0 amide bonds. The maximum Gasteiger partial charge on any atom is 0.296 e. The van der Waals surface area contributed by atoms with Gasteiger partial charge in [-0.3, -0.25) is 4.18 Å². The summed E-state index contributed by atoms with van der Waals surface area (Å²) in [6.07, 6.45) is 5.08. The third kappa shape index (κ3) is 4.38. The molecule has 0 bridgehead atoms. The summed E-state index contributed by atoms with van der Waals surface area (Å²) in [6, 6.07) is 6.50. The van der Waals surface area contributed by atoms with E-state index in [4.69, 9.17) is 0 Å². The number of hydrogen-bond donors (Lipinski definition) is 1. The van der Waals surface area contributed by atoms with Crippen LogP contribution in [0.25, 0.3) is 0 Å². The molecule has 5 nitrogen and oxygen atoms in total. The molecule has 2 aromatic rings. The second-order valence-corrected chi connectivity index (χ2v) is 4.91. The molecule has 1 aromatic carbocycles. The predicted octanol–water partition coefficient (Wildman–Crippen LogP) is 1.74. The van der Waals surface area contributed by atoms with Crippen molar-refractivity contribution in [3.63, 3.8) is 0 Å². The first-order chi connectivity index (χ1) is 8.06. The van der Waals surface area contributed by atoms with E-state index in [1.54, 1.807) is 30.9 Å². The molecule has 6 heteroatoms. The Balaban J connectivity index is 0.000000239. The molecule has 0 aliphatic rings. The first-order valence-corrected chi connectivity index (χ1v) is 6.27. The molecule has 1 aromatic heterocycles. The van der Waals surface area contributed by atoms with Crippen LogP contribution in [0.15, 0.2) is 47.9 Å². The minimum atomic E-state index is -3.51. The molecule has 0 aliphatic heterocycles. The van der Waals surface area contributed by atoms with Gasteiger partial charge in [0.2, 0.25) is 0 Å². The van der Waals surface area contributed by atoms with Gasteiger partial charge in [0.1, 0.15) is 0 Å². The van der Waals surface area contributed by atoms with Crippen LogP contribution < -0.4 is 0 Å². The molecule has 0 spiro atoms. The van der Waals surface area contributed by atoms with E-state index >= 15 is 0 Å². The molecule has 0 aliphatic carbocycles. The van der Waals surface area contributed by atoms with Crippen LogP contribution in [0, 0.1) is 6.92 Å². The first kappa shape index (κ1) is 13.4. The molecular weight excluding hydrogens is 240 g/mol. The highest BCUT2D eigenvalue weighted by Gasteiger charge is 2.10. The van der Waals surface area contributed by atoms with Crippen molar-refractivity contribution in [1.29, 1.82) is 0 Å². The second-order valence-electron chi connectivity index (χ2n) is 3.19. The van der Waals surface area contributed by atoms with Crippen molar-refractivity contribution in [2.45, 2.75) is 11.8 Å². The molecule has 0 atom stereocenters. The Kier molecular flexibility index (Phi) is 4.86. The normalized spacial score (nSPS) is 10.5. The Morgan fingerprint density at radius 2 is 1.88 bits per heavy atom. The van der Waals surface area contributed by atoms with E-state index < -0.39 is 10.1 Å².